The maximum absolute atomic E-state index is 11.7. The number of hydrogen-bond donors (Lipinski definition) is 0. The first kappa shape index (κ1) is 22.4. The highest BCUT2D eigenvalue weighted by Crippen LogP contribution is 2.51. The first-order valence-electron chi connectivity index (χ1n) is 12.0. The molecule has 5 rings (SSSR count). The number of aromatic nitrogens is 2. The van der Waals surface area contributed by atoms with Gasteiger partial charge in [0.15, 0.2) is 0 Å². The highest BCUT2D eigenvalue weighted by atomic mass is 16.6. The molecular formula is C27H32N4O3. The summed E-state index contributed by atoms with van der Waals surface area (Å²) in [7, 11) is 0. The smallest absolute Gasteiger partial charge is 0.253 e. The van der Waals surface area contributed by atoms with Crippen molar-refractivity contribution in [2.45, 2.75) is 52.6 Å². The number of nitrogens with zero attached hydrogens (tertiary/aromatic N) is 4. The van der Waals surface area contributed by atoms with Crippen LogP contribution in [0.1, 0.15) is 47.0 Å². The van der Waals surface area contributed by atoms with Crippen molar-refractivity contribution < 1.29 is 9.66 Å². The molecule has 2 aliphatic heterocycles. The van der Waals surface area contributed by atoms with Gasteiger partial charge in [-0.1, -0.05) is 18.6 Å². The molecule has 1 aliphatic carbocycles. The summed E-state index contributed by atoms with van der Waals surface area (Å²) in [5, 5.41) is 11.7. The van der Waals surface area contributed by atoms with Crippen LogP contribution in [-0.4, -0.2) is 33.2 Å². The van der Waals surface area contributed by atoms with Crippen LogP contribution < -0.4 is 4.90 Å². The molecule has 0 N–H and O–H groups in total. The van der Waals surface area contributed by atoms with Crippen LogP contribution in [0.2, 0.25) is 0 Å². The van der Waals surface area contributed by atoms with E-state index in [4.69, 9.17) is 4.74 Å². The molecule has 1 saturated heterocycles. The number of benzene rings is 1. The van der Waals surface area contributed by atoms with Gasteiger partial charge in [0.2, 0.25) is 0 Å². The van der Waals surface area contributed by atoms with Gasteiger partial charge in [-0.15, -0.1) is 0 Å². The van der Waals surface area contributed by atoms with Crippen LogP contribution in [0, 0.1) is 22.0 Å². The molecule has 3 heterocycles. The largest absolute Gasteiger partial charge is 0.491 e. The third-order valence-corrected chi connectivity index (χ3v) is 7.81. The van der Waals surface area contributed by atoms with Crippen LogP contribution in [0.5, 0.6) is 0 Å². The highest BCUT2D eigenvalue weighted by Gasteiger charge is 2.49. The van der Waals surface area contributed by atoms with E-state index < -0.39 is 0 Å². The monoisotopic (exact) mass is 460 g/mol. The Labute approximate surface area is 200 Å². The third-order valence-electron chi connectivity index (χ3n) is 7.81. The molecule has 0 saturated carbocycles. The zero-order valence-electron chi connectivity index (χ0n) is 20.3. The van der Waals surface area contributed by atoms with Gasteiger partial charge >= 0.3 is 0 Å². The van der Waals surface area contributed by atoms with E-state index in [1.165, 1.54) is 11.3 Å². The Morgan fingerprint density at radius 2 is 1.94 bits per heavy atom. The Morgan fingerprint density at radius 1 is 1.21 bits per heavy atom. The molecule has 2 aromatic rings. The summed E-state index contributed by atoms with van der Waals surface area (Å²) in [6.45, 7) is 9.82. The maximum Gasteiger partial charge on any atom is 0.253 e. The summed E-state index contributed by atoms with van der Waals surface area (Å²) in [5.41, 5.74) is 5.48. The molecule has 178 valence electrons. The number of allylic oxidation sites excluding steroid dienone is 4. The summed E-state index contributed by atoms with van der Waals surface area (Å²) in [4.78, 5) is 18.0. The van der Waals surface area contributed by atoms with Crippen LogP contribution in [0.3, 0.4) is 0 Å². The molecule has 0 bridgehead atoms. The van der Waals surface area contributed by atoms with Crippen molar-refractivity contribution >= 4 is 5.69 Å². The van der Waals surface area contributed by atoms with Gasteiger partial charge in [0, 0.05) is 54.8 Å². The second-order valence-electron chi connectivity index (χ2n) is 10.1. The molecule has 1 aromatic carbocycles. The Morgan fingerprint density at radius 3 is 2.56 bits per heavy atom. The Hall–Kier alpha value is -3.35. The van der Waals surface area contributed by atoms with E-state index in [0.717, 1.165) is 54.9 Å². The Bertz CT molecular complexity index is 1190. The van der Waals surface area contributed by atoms with Crippen molar-refractivity contribution in [1.82, 2.24) is 9.55 Å². The summed E-state index contributed by atoms with van der Waals surface area (Å²) < 4.78 is 8.56. The molecule has 3 unspecified atom stereocenters. The van der Waals surface area contributed by atoms with Crippen molar-refractivity contribution in [3.63, 3.8) is 0 Å². The number of hydrogen-bond acceptors (Lipinski definition) is 5. The molecule has 7 heteroatoms. The van der Waals surface area contributed by atoms with Crippen LogP contribution in [0.15, 0.2) is 77.2 Å². The van der Waals surface area contributed by atoms with Gasteiger partial charge in [-0.2, -0.15) is 0 Å². The van der Waals surface area contributed by atoms with Crippen LogP contribution in [0.4, 0.5) is 5.69 Å². The fraction of sp³-hybridized carbons (Fsp3) is 0.444. The third kappa shape index (κ3) is 3.93. The maximum atomic E-state index is 11.7. The van der Waals surface area contributed by atoms with Gasteiger partial charge in [-0.25, -0.2) is 4.98 Å². The molecule has 0 radical (unpaired) electrons. The van der Waals surface area contributed by atoms with Gasteiger partial charge < -0.3 is 14.2 Å². The van der Waals surface area contributed by atoms with Crippen LogP contribution in [-0.2, 0) is 4.74 Å². The molecule has 0 amide bonds. The lowest BCUT2D eigenvalue weighted by atomic mass is 9.76. The van der Waals surface area contributed by atoms with E-state index in [1.807, 2.05) is 31.5 Å². The van der Waals surface area contributed by atoms with Crippen LogP contribution in [0.25, 0.3) is 5.69 Å². The van der Waals surface area contributed by atoms with E-state index >= 15 is 0 Å². The predicted octanol–water partition coefficient (Wildman–Crippen LogP) is 5.67. The zero-order valence-corrected chi connectivity index (χ0v) is 20.3. The molecular weight excluding hydrogens is 428 g/mol. The van der Waals surface area contributed by atoms with E-state index in [9.17, 15) is 10.1 Å². The van der Waals surface area contributed by atoms with Gasteiger partial charge in [0.1, 0.15) is 11.4 Å². The zero-order chi connectivity index (χ0) is 24.0. The minimum atomic E-state index is -0.317. The minimum Gasteiger partial charge on any atom is -0.491 e. The molecule has 0 spiro atoms. The van der Waals surface area contributed by atoms with Crippen molar-refractivity contribution in [2.24, 2.45) is 11.8 Å². The lowest BCUT2D eigenvalue weighted by Gasteiger charge is -2.32. The van der Waals surface area contributed by atoms with Gasteiger partial charge in [-0.05, 0) is 63.5 Å². The van der Waals surface area contributed by atoms with Crippen molar-refractivity contribution in [3.05, 3.63) is 87.4 Å². The summed E-state index contributed by atoms with van der Waals surface area (Å²) in [6, 6.07) is 8.58. The first-order chi connectivity index (χ1) is 16.3. The number of anilines is 1. The summed E-state index contributed by atoms with van der Waals surface area (Å²) >= 11 is 0. The standard InChI is InChI=1S/C27H32N4O3/c1-18-19(2)26-24(20(3)25(18)31(32)33)16-27(4,34-26)15-21-9-12-29(13-10-21)22-5-7-23(8-6-22)30-14-11-28-17-30/h5-9,11,14,17,20,24H,10,12-13,15-16H2,1-4H3. The molecule has 1 aromatic heterocycles. The van der Waals surface area contributed by atoms with Crippen molar-refractivity contribution in [2.75, 3.05) is 18.0 Å². The van der Waals surface area contributed by atoms with Crippen molar-refractivity contribution in [1.29, 1.82) is 0 Å². The quantitative estimate of drug-likeness (QED) is 0.327. The number of imidazole rings is 1. The number of ether oxygens (including phenoxy) is 1. The minimum absolute atomic E-state index is 0.0869. The van der Waals surface area contributed by atoms with Crippen LogP contribution >= 0.6 is 0 Å². The van der Waals surface area contributed by atoms with Gasteiger partial charge in [-0.3, -0.25) is 10.1 Å². The van der Waals surface area contributed by atoms with E-state index in [0.29, 0.717) is 5.70 Å². The molecule has 34 heavy (non-hydrogen) atoms. The van der Waals surface area contributed by atoms with E-state index in [2.05, 4.69) is 47.1 Å². The summed E-state index contributed by atoms with van der Waals surface area (Å²) in [6.07, 6.45) is 10.6. The molecule has 3 atom stereocenters. The first-order valence-corrected chi connectivity index (χ1v) is 12.0. The fourth-order valence-electron chi connectivity index (χ4n) is 5.85. The molecule has 7 nitrogen and oxygen atoms in total. The normalized spacial score (nSPS) is 26.9. The van der Waals surface area contributed by atoms with E-state index in [-0.39, 0.29) is 22.4 Å². The topological polar surface area (TPSA) is 73.4 Å². The van der Waals surface area contributed by atoms with Gasteiger partial charge in [0.05, 0.1) is 17.2 Å². The second-order valence-corrected chi connectivity index (χ2v) is 10.1. The van der Waals surface area contributed by atoms with Crippen molar-refractivity contribution in [3.8, 4) is 5.69 Å². The average Bonchev–Trinajstić information content (AvgIpc) is 3.47. The fourth-order valence-corrected chi connectivity index (χ4v) is 5.85. The van der Waals surface area contributed by atoms with E-state index in [1.54, 1.807) is 12.5 Å². The average molecular weight is 461 g/mol. The number of fused-ring (bicyclic) bond motifs is 1. The molecule has 3 aliphatic rings. The summed E-state index contributed by atoms with van der Waals surface area (Å²) in [5.74, 6) is 0.926. The van der Waals surface area contributed by atoms with Gasteiger partial charge in [0.25, 0.3) is 5.70 Å². The Balaban J connectivity index is 1.25. The number of rotatable bonds is 5. The lowest BCUT2D eigenvalue weighted by molar-refractivity contribution is -0.436. The Kier molecular flexibility index (Phi) is 5.58. The SMILES string of the molecule is CC1=C2OC(C)(CC3=CCN(c4ccc(-n5ccnc5)cc4)CC3)CC2C(C)C([N+](=O)[O-])=C1C. The number of nitro groups is 1. The highest BCUT2D eigenvalue weighted by molar-refractivity contribution is 5.52. The lowest BCUT2D eigenvalue weighted by Crippen LogP contribution is -2.31. The second kappa shape index (κ2) is 8.46. The predicted molar refractivity (Wildman–Crippen MR) is 132 cm³/mol. The molecule has 1 fully saturated rings.